The van der Waals surface area contributed by atoms with Gasteiger partial charge in [0.05, 0.1) is 0 Å². The standard InChI is InChI=1S/C13H17ClN2O2S2.ClH/c1-8(15-3)7-16-20(17,18)13-9(2)19-12-5-4-10(14)6-11(12)13;/h4-6,8,15-16H,7H2,1-3H3;1H. The normalized spacial score (nSPS) is 13.1. The molecule has 21 heavy (non-hydrogen) atoms. The molecule has 8 heteroatoms. The Morgan fingerprint density at radius 3 is 2.67 bits per heavy atom. The van der Waals surface area contributed by atoms with Gasteiger partial charge < -0.3 is 5.32 Å². The van der Waals surface area contributed by atoms with Gasteiger partial charge in [0.2, 0.25) is 10.0 Å². The molecule has 0 aliphatic rings. The lowest BCUT2D eigenvalue weighted by molar-refractivity contribution is 0.555. The Morgan fingerprint density at radius 1 is 1.38 bits per heavy atom. The van der Waals surface area contributed by atoms with Crippen LogP contribution >= 0.6 is 35.3 Å². The van der Waals surface area contributed by atoms with Gasteiger partial charge in [-0.05, 0) is 39.1 Å². The van der Waals surface area contributed by atoms with E-state index in [2.05, 4.69) is 10.0 Å². The molecule has 1 heterocycles. The number of rotatable bonds is 5. The van der Waals surface area contributed by atoms with Crippen LogP contribution in [-0.2, 0) is 10.0 Å². The maximum Gasteiger partial charge on any atom is 0.242 e. The van der Waals surface area contributed by atoms with Gasteiger partial charge in [0.1, 0.15) is 4.90 Å². The third-order valence-corrected chi connectivity index (χ3v) is 6.17. The Hall–Kier alpha value is -0.370. The van der Waals surface area contributed by atoms with Crippen molar-refractivity contribution in [3.63, 3.8) is 0 Å². The Bertz CT molecular complexity index is 729. The summed E-state index contributed by atoms with van der Waals surface area (Å²) in [6.45, 7) is 4.07. The quantitative estimate of drug-likeness (QED) is 0.851. The third kappa shape index (κ3) is 4.09. The van der Waals surface area contributed by atoms with E-state index in [-0.39, 0.29) is 18.4 Å². The molecule has 1 atom stereocenters. The van der Waals surface area contributed by atoms with Crippen molar-refractivity contribution in [2.75, 3.05) is 13.6 Å². The second-order valence-corrected chi connectivity index (χ2v) is 8.07. The monoisotopic (exact) mass is 368 g/mol. The van der Waals surface area contributed by atoms with Gasteiger partial charge in [-0.15, -0.1) is 23.7 Å². The van der Waals surface area contributed by atoms with E-state index in [1.165, 1.54) is 11.3 Å². The molecule has 0 amide bonds. The van der Waals surface area contributed by atoms with E-state index < -0.39 is 10.0 Å². The van der Waals surface area contributed by atoms with Crippen molar-refractivity contribution in [2.45, 2.75) is 24.8 Å². The van der Waals surface area contributed by atoms with Gasteiger partial charge in [0.15, 0.2) is 0 Å². The number of aryl methyl sites for hydroxylation is 1. The molecule has 118 valence electrons. The highest BCUT2D eigenvalue weighted by Gasteiger charge is 2.23. The van der Waals surface area contributed by atoms with Crippen molar-refractivity contribution in [2.24, 2.45) is 0 Å². The molecule has 1 aromatic heterocycles. The number of thiophene rings is 1. The third-order valence-electron chi connectivity index (χ3n) is 3.11. The molecule has 1 aromatic carbocycles. The summed E-state index contributed by atoms with van der Waals surface area (Å²) in [5.74, 6) is 0. The lowest BCUT2D eigenvalue weighted by Crippen LogP contribution is -2.37. The van der Waals surface area contributed by atoms with Crippen LogP contribution in [0.25, 0.3) is 10.1 Å². The molecule has 4 nitrogen and oxygen atoms in total. The van der Waals surface area contributed by atoms with Crippen LogP contribution in [0, 0.1) is 6.92 Å². The zero-order valence-electron chi connectivity index (χ0n) is 11.9. The fourth-order valence-corrected chi connectivity index (χ4v) is 4.99. The largest absolute Gasteiger partial charge is 0.316 e. The molecule has 2 rings (SSSR count). The van der Waals surface area contributed by atoms with Crippen LogP contribution in [-0.4, -0.2) is 28.1 Å². The molecule has 0 saturated carbocycles. The van der Waals surface area contributed by atoms with Gasteiger partial charge >= 0.3 is 0 Å². The molecule has 0 aliphatic carbocycles. The lowest BCUT2D eigenvalue weighted by atomic mass is 10.2. The maximum absolute atomic E-state index is 12.5. The van der Waals surface area contributed by atoms with Gasteiger partial charge in [-0.2, -0.15) is 0 Å². The van der Waals surface area contributed by atoms with E-state index in [4.69, 9.17) is 11.6 Å². The SMILES string of the molecule is CNC(C)CNS(=O)(=O)c1c(C)sc2ccc(Cl)cc12.Cl. The smallest absolute Gasteiger partial charge is 0.242 e. The number of likely N-dealkylation sites (N-methyl/N-ethyl adjacent to an activating group) is 1. The van der Waals surface area contributed by atoms with Crippen LogP contribution in [0.2, 0.25) is 5.02 Å². The average molecular weight is 369 g/mol. The Balaban J connectivity index is 0.00000220. The highest BCUT2D eigenvalue weighted by atomic mass is 35.5. The first-order valence-corrected chi connectivity index (χ1v) is 8.88. The van der Waals surface area contributed by atoms with Crippen LogP contribution in [0.15, 0.2) is 23.1 Å². The predicted octanol–water partition coefficient (Wildman–Crippen LogP) is 3.17. The van der Waals surface area contributed by atoms with Crippen LogP contribution < -0.4 is 10.0 Å². The topological polar surface area (TPSA) is 58.2 Å². The first-order valence-electron chi connectivity index (χ1n) is 6.20. The first-order chi connectivity index (χ1) is 9.35. The van der Waals surface area contributed by atoms with Crippen molar-refractivity contribution >= 4 is 55.5 Å². The van der Waals surface area contributed by atoms with E-state index >= 15 is 0 Å². The van der Waals surface area contributed by atoms with Crippen molar-refractivity contribution < 1.29 is 8.42 Å². The summed E-state index contributed by atoms with van der Waals surface area (Å²) in [5, 5.41) is 4.22. The van der Waals surface area contributed by atoms with Gasteiger partial charge in [-0.3, -0.25) is 0 Å². The predicted molar refractivity (Wildman–Crippen MR) is 92.5 cm³/mol. The number of hydrogen-bond acceptors (Lipinski definition) is 4. The Morgan fingerprint density at radius 2 is 2.05 bits per heavy atom. The average Bonchev–Trinajstić information content (AvgIpc) is 2.71. The van der Waals surface area contributed by atoms with Crippen molar-refractivity contribution in [1.82, 2.24) is 10.0 Å². The zero-order chi connectivity index (χ0) is 14.9. The highest BCUT2D eigenvalue weighted by Crippen LogP contribution is 2.35. The summed E-state index contributed by atoms with van der Waals surface area (Å²) in [6.07, 6.45) is 0. The van der Waals surface area contributed by atoms with Crippen LogP contribution in [0.1, 0.15) is 11.8 Å². The summed E-state index contributed by atoms with van der Waals surface area (Å²) in [5.41, 5.74) is 0. The molecule has 1 unspecified atom stereocenters. The number of sulfonamides is 1. The summed E-state index contributed by atoms with van der Waals surface area (Å²) < 4.78 is 28.5. The van der Waals surface area contributed by atoms with Crippen molar-refractivity contribution in [1.29, 1.82) is 0 Å². The molecule has 2 N–H and O–H groups in total. The zero-order valence-corrected chi connectivity index (χ0v) is 15.1. The molecule has 0 bridgehead atoms. The molecule has 0 saturated heterocycles. The lowest BCUT2D eigenvalue weighted by Gasteiger charge is -2.12. The maximum atomic E-state index is 12.5. The van der Waals surface area contributed by atoms with Crippen LogP contribution in [0.3, 0.4) is 0 Å². The summed E-state index contributed by atoms with van der Waals surface area (Å²) in [6, 6.07) is 5.40. The number of hydrogen-bond donors (Lipinski definition) is 2. The minimum Gasteiger partial charge on any atom is -0.316 e. The van der Waals surface area contributed by atoms with Crippen LogP contribution in [0.4, 0.5) is 0 Å². The van der Waals surface area contributed by atoms with E-state index in [1.54, 1.807) is 19.2 Å². The Kier molecular flexibility index (Phi) is 6.46. The second kappa shape index (κ2) is 7.26. The molecule has 0 aliphatic heterocycles. The van der Waals surface area contributed by atoms with E-state index in [0.29, 0.717) is 21.8 Å². The van der Waals surface area contributed by atoms with Crippen molar-refractivity contribution in [3.05, 3.63) is 28.1 Å². The molecular formula is C13H18Cl2N2O2S2. The number of nitrogens with one attached hydrogen (secondary N) is 2. The first kappa shape index (κ1) is 18.7. The number of benzene rings is 1. The van der Waals surface area contributed by atoms with Gasteiger partial charge in [-0.1, -0.05) is 11.6 Å². The minimum atomic E-state index is -3.53. The molecule has 0 radical (unpaired) electrons. The number of halogens is 2. The van der Waals surface area contributed by atoms with Gasteiger partial charge in [0, 0.05) is 32.6 Å². The highest BCUT2D eigenvalue weighted by molar-refractivity contribution is 7.90. The molecular weight excluding hydrogens is 351 g/mol. The fourth-order valence-electron chi connectivity index (χ4n) is 1.91. The Labute approximate surface area is 140 Å². The molecule has 2 aromatic rings. The van der Waals surface area contributed by atoms with Gasteiger partial charge in [-0.25, -0.2) is 13.1 Å². The minimum absolute atomic E-state index is 0. The summed E-state index contributed by atoms with van der Waals surface area (Å²) in [4.78, 5) is 1.11. The van der Waals surface area contributed by atoms with Crippen LogP contribution in [0.5, 0.6) is 0 Å². The number of fused-ring (bicyclic) bond motifs is 1. The van der Waals surface area contributed by atoms with E-state index in [0.717, 1.165) is 9.58 Å². The van der Waals surface area contributed by atoms with Crippen molar-refractivity contribution in [3.8, 4) is 0 Å². The second-order valence-electron chi connectivity index (χ2n) is 4.67. The van der Waals surface area contributed by atoms with E-state index in [1.807, 2.05) is 19.9 Å². The summed E-state index contributed by atoms with van der Waals surface area (Å²) >= 11 is 7.44. The molecule has 0 spiro atoms. The van der Waals surface area contributed by atoms with Gasteiger partial charge in [0.25, 0.3) is 0 Å². The van der Waals surface area contributed by atoms with E-state index in [9.17, 15) is 8.42 Å². The summed E-state index contributed by atoms with van der Waals surface area (Å²) in [7, 11) is -1.74. The fraction of sp³-hybridized carbons (Fsp3) is 0.385. The molecule has 0 fully saturated rings.